The smallest absolute Gasteiger partial charge is 0.174 e. The van der Waals surface area contributed by atoms with E-state index in [0.29, 0.717) is 11.7 Å². The molecule has 0 saturated carbocycles. The van der Waals surface area contributed by atoms with Gasteiger partial charge in [-0.25, -0.2) is 0 Å². The lowest BCUT2D eigenvalue weighted by atomic mass is 10.0. The van der Waals surface area contributed by atoms with E-state index >= 15 is 0 Å². The van der Waals surface area contributed by atoms with Gasteiger partial charge in [0.25, 0.3) is 0 Å². The van der Waals surface area contributed by atoms with Crippen molar-refractivity contribution < 1.29 is 9.47 Å². The molecule has 0 radical (unpaired) electrons. The number of nitrogens with one attached hydrogen (secondary N) is 1. The summed E-state index contributed by atoms with van der Waals surface area (Å²) in [5.74, 6) is 1.58. The summed E-state index contributed by atoms with van der Waals surface area (Å²) in [6, 6.07) is 27.8. The highest BCUT2D eigenvalue weighted by Crippen LogP contribution is 2.42. The number of nitrogens with zero attached hydrogens (tertiary/aromatic N) is 3. The number of anilines is 1. The Balaban J connectivity index is 1.49. The maximum atomic E-state index is 5.98. The van der Waals surface area contributed by atoms with E-state index in [2.05, 4.69) is 38.1 Å². The molecule has 1 aliphatic heterocycles. The minimum Gasteiger partial charge on any atom is -0.457 e. The molecule has 4 aromatic rings. The molecule has 7 heteroatoms. The SMILES string of the molecule is COCCn1cccc1[C@@H]1[C@@H](c2ccccn2)NC(=S)N1c1ccc(Oc2ccccc2)cc1. The van der Waals surface area contributed by atoms with E-state index in [1.54, 1.807) is 7.11 Å². The normalized spacial score (nSPS) is 17.6. The van der Waals surface area contributed by atoms with Crippen LogP contribution in [-0.2, 0) is 11.3 Å². The van der Waals surface area contributed by atoms with Crippen molar-refractivity contribution in [2.45, 2.75) is 18.6 Å². The fourth-order valence-corrected chi connectivity index (χ4v) is 4.67. The zero-order chi connectivity index (χ0) is 23.3. The van der Waals surface area contributed by atoms with E-state index in [9.17, 15) is 0 Å². The number of para-hydroxylation sites is 1. The predicted octanol–water partition coefficient (Wildman–Crippen LogP) is 5.50. The number of methoxy groups -OCH3 is 1. The van der Waals surface area contributed by atoms with Crippen molar-refractivity contribution in [1.82, 2.24) is 14.9 Å². The lowest BCUT2D eigenvalue weighted by Gasteiger charge is -2.29. The van der Waals surface area contributed by atoms with E-state index in [-0.39, 0.29) is 12.1 Å². The van der Waals surface area contributed by atoms with Gasteiger partial charge >= 0.3 is 0 Å². The third-order valence-corrected chi connectivity index (χ3v) is 6.21. The first-order chi connectivity index (χ1) is 16.7. The Morgan fingerprint density at radius 3 is 2.41 bits per heavy atom. The predicted molar refractivity (Wildman–Crippen MR) is 137 cm³/mol. The molecule has 1 saturated heterocycles. The lowest BCUT2D eigenvalue weighted by molar-refractivity contribution is 0.186. The molecular weight excluding hydrogens is 444 g/mol. The van der Waals surface area contributed by atoms with Gasteiger partial charge in [0, 0.05) is 37.4 Å². The minimum absolute atomic E-state index is 0.0739. The summed E-state index contributed by atoms with van der Waals surface area (Å²) in [6.07, 6.45) is 3.90. The van der Waals surface area contributed by atoms with Crippen molar-refractivity contribution in [3.05, 3.63) is 109 Å². The van der Waals surface area contributed by atoms with Crippen molar-refractivity contribution in [3.63, 3.8) is 0 Å². The maximum Gasteiger partial charge on any atom is 0.174 e. The van der Waals surface area contributed by atoms with E-state index < -0.39 is 0 Å². The van der Waals surface area contributed by atoms with Gasteiger partial charge in [-0.05, 0) is 72.9 Å². The Bertz CT molecular complexity index is 1230. The van der Waals surface area contributed by atoms with Crippen LogP contribution in [0, 0.1) is 0 Å². The van der Waals surface area contributed by atoms with Gasteiger partial charge in [0.1, 0.15) is 17.5 Å². The Hall–Kier alpha value is -3.68. The highest BCUT2D eigenvalue weighted by atomic mass is 32.1. The second kappa shape index (κ2) is 10.1. The summed E-state index contributed by atoms with van der Waals surface area (Å²) >= 11 is 5.84. The van der Waals surface area contributed by atoms with Crippen LogP contribution in [-0.4, -0.2) is 28.4 Å². The first-order valence-corrected chi connectivity index (χ1v) is 11.6. The molecule has 2 aromatic carbocycles. The van der Waals surface area contributed by atoms with Crippen LogP contribution in [0.2, 0.25) is 0 Å². The number of thiocarbonyl (C=S) groups is 1. The summed E-state index contributed by atoms with van der Waals surface area (Å²) in [5.41, 5.74) is 3.08. The first-order valence-electron chi connectivity index (χ1n) is 11.2. The third kappa shape index (κ3) is 4.53. The first kappa shape index (κ1) is 22.1. The maximum absolute atomic E-state index is 5.98. The van der Waals surface area contributed by atoms with Crippen LogP contribution in [0.15, 0.2) is 97.3 Å². The van der Waals surface area contributed by atoms with Crippen molar-refractivity contribution in [1.29, 1.82) is 0 Å². The van der Waals surface area contributed by atoms with Gasteiger partial charge in [-0.2, -0.15) is 0 Å². The number of ether oxygens (including phenoxy) is 2. The summed E-state index contributed by atoms with van der Waals surface area (Å²) in [4.78, 5) is 6.80. The Morgan fingerprint density at radius 1 is 0.912 bits per heavy atom. The Kier molecular flexibility index (Phi) is 6.56. The van der Waals surface area contributed by atoms with Crippen LogP contribution in [0.4, 0.5) is 5.69 Å². The number of benzene rings is 2. The molecule has 2 aromatic heterocycles. The molecule has 5 rings (SSSR count). The Morgan fingerprint density at radius 2 is 1.68 bits per heavy atom. The molecule has 6 nitrogen and oxygen atoms in total. The molecule has 2 atom stereocenters. The van der Waals surface area contributed by atoms with Crippen molar-refractivity contribution >= 4 is 23.0 Å². The zero-order valence-electron chi connectivity index (χ0n) is 18.9. The second-order valence-corrected chi connectivity index (χ2v) is 8.41. The molecule has 0 spiro atoms. The number of hydrogen-bond donors (Lipinski definition) is 1. The van der Waals surface area contributed by atoms with Gasteiger partial charge in [0.15, 0.2) is 5.11 Å². The average Bonchev–Trinajstić information content (AvgIpc) is 3.48. The van der Waals surface area contributed by atoms with Gasteiger partial charge in [-0.3, -0.25) is 4.98 Å². The van der Waals surface area contributed by atoms with Gasteiger partial charge in [-0.15, -0.1) is 0 Å². The summed E-state index contributed by atoms with van der Waals surface area (Å²) in [5, 5.41) is 4.18. The number of hydrogen-bond acceptors (Lipinski definition) is 4. The summed E-state index contributed by atoms with van der Waals surface area (Å²) in [6.45, 7) is 1.39. The van der Waals surface area contributed by atoms with Crippen LogP contribution in [0.5, 0.6) is 11.5 Å². The van der Waals surface area contributed by atoms with Crippen molar-refractivity contribution in [2.75, 3.05) is 18.6 Å². The molecule has 0 aliphatic carbocycles. The lowest BCUT2D eigenvalue weighted by Crippen LogP contribution is -2.30. The topological polar surface area (TPSA) is 51.5 Å². The van der Waals surface area contributed by atoms with Gasteiger partial charge in [0.05, 0.1) is 18.3 Å². The van der Waals surface area contributed by atoms with Gasteiger partial charge < -0.3 is 24.3 Å². The molecule has 0 unspecified atom stereocenters. The zero-order valence-corrected chi connectivity index (χ0v) is 19.7. The quantitative estimate of drug-likeness (QED) is 0.343. The summed E-state index contributed by atoms with van der Waals surface area (Å²) in [7, 11) is 1.72. The molecule has 0 amide bonds. The Labute approximate surface area is 204 Å². The molecular formula is C27H26N4O2S. The number of aromatic nitrogens is 2. The van der Waals surface area contributed by atoms with E-state index in [1.165, 1.54) is 0 Å². The van der Waals surface area contributed by atoms with E-state index in [1.807, 2.05) is 79.0 Å². The van der Waals surface area contributed by atoms with Gasteiger partial charge in [-0.1, -0.05) is 24.3 Å². The largest absolute Gasteiger partial charge is 0.457 e. The average molecular weight is 471 g/mol. The number of pyridine rings is 1. The summed E-state index contributed by atoms with van der Waals surface area (Å²) < 4.78 is 13.5. The third-order valence-electron chi connectivity index (χ3n) is 5.90. The second-order valence-electron chi connectivity index (χ2n) is 8.02. The van der Waals surface area contributed by atoms with Crippen LogP contribution in [0.1, 0.15) is 23.5 Å². The fraction of sp³-hybridized carbons (Fsp3) is 0.185. The van der Waals surface area contributed by atoms with Crippen molar-refractivity contribution in [3.8, 4) is 11.5 Å². The van der Waals surface area contributed by atoms with Gasteiger partial charge in [0.2, 0.25) is 0 Å². The molecule has 0 bridgehead atoms. The molecule has 3 heterocycles. The fourth-order valence-electron chi connectivity index (χ4n) is 4.32. The highest BCUT2D eigenvalue weighted by molar-refractivity contribution is 7.80. The molecule has 1 N–H and O–H groups in total. The molecule has 172 valence electrons. The van der Waals surface area contributed by atoms with Crippen LogP contribution < -0.4 is 15.0 Å². The monoisotopic (exact) mass is 470 g/mol. The molecule has 1 aliphatic rings. The van der Waals surface area contributed by atoms with Crippen LogP contribution in [0.25, 0.3) is 0 Å². The van der Waals surface area contributed by atoms with E-state index in [4.69, 9.17) is 21.7 Å². The highest BCUT2D eigenvalue weighted by Gasteiger charge is 2.41. The minimum atomic E-state index is -0.0925. The van der Waals surface area contributed by atoms with Crippen LogP contribution in [0.3, 0.4) is 0 Å². The van der Waals surface area contributed by atoms with E-state index in [0.717, 1.165) is 35.1 Å². The van der Waals surface area contributed by atoms with Crippen LogP contribution >= 0.6 is 12.2 Å². The standard InChI is InChI=1S/C27H26N4O2S/c1-32-19-18-30-17-7-11-24(30)26-25(23-10-5-6-16-28-23)29-27(34)31(26)20-12-14-22(15-13-20)33-21-8-3-2-4-9-21/h2-17,25-26H,18-19H2,1H3,(H,29,34)/t25-,26-/m1/s1. The number of rotatable bonds is 8. The molecule has 34 heavy (non-hydrogen) atoms. The van der Waals surface area contributed by atoms with Crippen molar-refractivity contribution in [2.24, 2.45) is 0 Å². The molecule has 1 fully saturated rings.